The van der Waals surface area contributed by atoms with Gasteiger partial charge >= 0.3 is 0 Å². The summed E-state index contributed by atoms with van der Waals surface area (Å²) in [5, 5.41) is 3.00. The number of nitrogens with one attached hydrogen (secondary N) is 1. The number of carbonyl (C=O) groups excluding carboxylic acids is 1. The quantitative estimate of drug-likeness (QED) is 0.902. The smallest absolute Gasteiger partial charge is 0.263 e. The van der Waals surface area contributed by atoms with Crippen LogP contribution in [0.3, 0.4) is 0 Å². The van der Waals surface area contributed by atoms with E-state index in [4.69, 9.17) is 0 Å². The third-order valence-corrected chi connectivity index (χ3v) is 3.56. The second-order valence-corrected chi connectivity index (χ2v) is 5.00. The molecule has 0 bridgehead atoms. The Kier molecular flexibility index (Phi) is 2.65. The highest BCUT2D eigenvalue weighted by Gasteiger charge is 2.26. The molecule has 3 rings (SSSR count). The van der Waals surface area contributed by atoms with Crippen LogP contribution in [0.5, 0.6) is 0 Å². The number of rotatable bonds is 3. The van der Waals surface area contributed by atoms with Gasteiger partial charge in [-0.25, -0.2) is 4.98 Å². The van der Waals surface area contributed by atoms with E-state index in [1.807, 2.05) is 30.3 Å². The predicted octanol–water partition coefficient (Wildman–Crippen LogP) is 2.70. The molecular weight excluding hydrogens is 232 g/mol. The van der Waals surface area contributed by atoms with Gasteiger partial charge in [-0.3, -0.25) is 4.79 Å². The third-order valence-electron chi connectivity index (χ3n) is 2.73. The van der Waals surface area contributed by atoms with Crippen LogP contribution in [0.4, 0.5) is 0 Å². The van der Waals surface area contributed by atoms with Crippen molar-refractivity contribution in [2.75, 3.05) is 0 Å². The highest BCUT2D eigenvalue weighted by Crippen LogP contribution is 2.26. The minimum atomic E-state index is 0.00820. The summed E-state index contributed by atoms with van der Waals surface area (Å²) in [6.07, 6.45) is 2.20. The maximum atomic E-state index is 12.0. The minimum Gasteiger partial charge on any atom is -0.349 e. The van der Waals surface area contributed by atoms with Gasteiger partial charge in [-0.15, -0.1) is 11.3 Å². The molecule has 1 aromatic carbocycles. The standard InChI is InChI=1S/C13H12N2OS/c16-13(15-10-6-7-10)12-11(14-8-17-12)9-4-2-1-3-5-9/h1-5,8,10H,6-7H2,(H,15,16). The Morgan fingerprint density at radius 3 is 2.76 bits per heavy atom. The number of hydrogen-bond donors (Lipinski definition) is 1. The zero-order valence-corrected chi connectivity index (χ0v) is 10.0. The molecule has 2 aromatic rings. The molecule has 1 aliphatic carbocycles. The van der Waals surface area contributed by atoms with Gasteiger partial charge in [0, 0.05) is 11.6 Å². The Balaban J connectivity index is 1.90. The van der Waals surface area contributed by atoms with Gasteiger partial charge in [-0.2, -0.15) is 0 Å². The Labute approximate surface area is 104 Å². The van der Waals surface area contributed by atoms with E-state index in [1.165, 1.54) is 11.3 Å². The van der Waals surface area contributed by atoms with Crippen molar-refractivity contribution < 1.29 is 4.79 Å². The van der Waals surface area contributed by atoms with Crippen molar-refractivity contribution in [1.82, 2.24) is 10.3 Å². The number of carbonyl (C=O) groups is 1. The molecule has 0 aliphatic heterocycles. The molecule has 3 nitrogen and oxygen atoms in total. The van der Waals surface area contributed by atoms with E-state index in [0.29, 0.717) is 10.9 Å². The van der Waals surface area contributed by atoms with Crippen molar-refractivity contribution in [1.29, 1.82) is 0 Å². The summed E-state index contributed by atoms with van der Waals surface area (Å²) >= 11 is 1.40. The van der Waals surface area contributed by atoms with Crippen LogP contribution in [0, 0.1) is 0 Å². The molecule has 1 amide bonds. The lowest BCUT2D eigenvalue weighted by Crippen LogP contribution is -2.24. The van der Waals surface area contributed by atoms with Crippen molar-refractivity contribution in [3.63, 3.8) is 0 Å². The predicted molar refractivity (Wildman–Crippen MR) is 68.0 cm³/mol. The first-order valence-corrected chi connectivity index (χ1v) is 6.52. The molecule has 4 heteroatoms. The summed E-state index contributed by atoms with van der Waals surface area (Å²) in [5.74, 6) is 0.00820. The first-order valence-electron chi connectivity index (χ1n) is 5.64. The van der Waals surface area contributed by atoms with Gasteiger partial charge in [0.05, 0.1) is 11.2 Å². The molecule has 0 atom stereocenters. The number of benzene rings is 1. The molecule has 0 radical (unpaired) electrons. The molecule has 1 aliphatic rings. The second kappa shape index (κ2) is 4.30. The van der Waals surface area contributed by atoms with E-state index in [2.05, 4.69) is 10.3 Å². The summed E-state index contributed by atoms with van der Waals surface area (Å²) in [7, 11) is 0. The second-order valence-electron chi connectivity index (χ2n) is 4.14. The highest BCUT2D eigenvalue weighted by atomic mass is 32.1. The van der Waals surface area contributed by atoms with Crippen LogP contribution in [-0.4, -0.2) is 16.9 Å². The first kappa shape index (κ1) is 10.5. The highest BCUT2D eigenvalue weighted by molar-refractivity contribution is 7.12. The van der Waals surface area contributed by atoms with E-state index in [1.54, 1.807) is 5.51 Å². The largest absolute Gasteiger partial charge is 0.349 e. The van der Waals surface area contributed by atoms with Gasteiger partial charge in [-0.1, -0.05) is 30.3 Å². The van der Waals surface area contributed by atoms with Crippen molar-refractivity contribution in [3.8, 4) is 11.3 Å². The normalized spacial score (nSPS) is 14.6. The van der Waals surface area contributed by atoms with Gasteiger partial charge in [0.2, 0.25) is 0 Å². The maximum Gasteiger partial charge on any atom is 0.263 e. The number of amides is 1. The molecule has 0 saturated heterocycles. The van der Waals surface area contributed by atoms with E-state index >= 15 is 0 Å². The average Bonchev–Trinajstić information content (AvgIpc) is 3.04. The SMILES string of the molecule is O=C(NC1CC1)c1scnc1-c1ccccc1. The van der Waals surface area contributed by atoms with Crippen LogP contribution in [0.15, 0.2) is 35.8 Å². The monoisotopic (exact) mass is 244 g/mol. The Morgan fingerprint density at radius 2 is 2.06 bits per heavy atom. The molecule has 1 N–H and O–H groups in total. The molecule has 1 aromatic heterocycles. The maximum absolute atomic E-state index is 12.0. The number of thiazole rings is 1. The van der Waals surface area contributed by atoms with Crippen LogP contribution in [0.2, 0.25) is 0 Å². The topological polar surface area (TPSA) is 42.0 Å². The van der Waals surface area contributed by atoms with Crippen molar-refractivity contribution in [3.05, 3.63) is 40.7 Å². The first-order chi connectivity index (χ1) is 8.34. The lowest BCUT2D eigenvalue weighted by molar-refractivity contribution is 0.0955. The average molecular weight is 244 g/mol. The summed E-state index contributed by atoms with van der Waals surface area (Å²) in [5.41, 5.74) is 3.51. The number of hydrogen-bond acceptors (Lipinski definition) is 3. The molecule has 1 heterocycles. The van der Waals surface area contributed by atoms with Gasteiger partial charge in [0.1, 0.15) is 4.88 Å². The van der Waals surface area contributed by atoms with E-state index in [-0.39, 0.29) is 5.91 Å². The van der Waals surface area contributed by atoms with Crippen molar-refractivity contribution in [2.24, 2.45) is 0 Å². The molecule has 0 unspecified atom stereocenters. The molecule has 0 spiro atoms. The fourth-order valence-corrected chi connectivity index (χ4v) is 2.40. The third kappa shape index (κ3) is 2.22. The van der Waals surface area contributed by atoms with Gasteiger partial charge in [-0.05, 0) is 12.8 Å². The Bertz CT molecular complexity index is 531. The summed E-state index contributed by atoms with van der Waals surface area (Å²) in [4.78, 5) is 17.0. The minimum absolute atomic E-state index is 0.00820. The molecular formula is C13H12N2OS. The molecule has 1 fully saturated rings. The zero-order chi connectivity index (χ0) is 11.7. The molecule has 86 valence electrons. The van der Waals surface area contributed by atoms with Crippen molar-refractivity contribution >= 4 is 17.2 Å². The lowest BCUT2D eigenvalue weighted by Gasteiger charge is -2.03. The summed E-state index contributed by atoms with van der Waals surface area (Å²) < 4.78 is 0. The van der Waals surface area contributed by atoms with Gasteiger partial charge < -0.3 is 5.32 Å². The molecule has 17 heavy (non-hydrogen) atoms. The fourth-order valence-electron chi connectivity index (χ4n) is 1.69. The Morgan fingerprint density at radius 1 is 1.29 bits per heavy atom. The fraction of sp³-hybridized carbons (Fsp3) is 0.231. The molecule has 1 saturated carbocycles. The summed E-state index contributed by atoms with van der Waals surface area (Å²) in [6, 6.07) is 10.2. The summed E-state index contributed by atoms with van der Waals surface area (Å²) in [6.45, 7) is 0. The zero-order valence-electron chi connectivity index (χ0n) is 9.22. The van der Waals surface area contributed by atoms with Crippen LogP contribution < -0.4 is 5.32 Å². The van der Waals surface area contributed by atoms with Crippen molar-refractivity contribution in [2.45, 2.75) is 18.9 Å². The van der Waals surface area contributed by atoms with Crippen LogP contribution in [0.1, 0.15) is 22.5 Å². The van der Waals surface area contributed by atoms with Crippen LogP contribution in [-0.2, 0) is 0 Å². The van der Waals surface area contributed by atoms with E-state index < -0.39 is 0 Å². The number of nitrogens with zero attached hydrogens (tertiary/aromatic N) is 1. The van der Waals surface area contributed by atoms with Gasteiger partial charge in [0.25, 0.3) is 5.91 Å². The Hall–Kier alpha value is -1.68. The van der Waals surface area contributed by atoms with Crippen LogP contribution >= 0.6 is 11.3 Å². The van der Waals surface area contributed by atoms with Crippen LogP contribution in [0.25, 0.3) is 11.3 Å². The number of aromatic nitrogens is 1. The van der Waals surface area contributed by atoms with Gasteiger partial charge in [0.15, 0.2) is 0 Å². The van der Waals surface area contributed by atoms with E-state index in [0.717, 1.165) is 24.1 Å². The van der Waals surface area contributed by atoms with E-state index in [9.17, 15) is 4.79 Å². The lowest BCUT2D eigenvalue weighted by atomic mass is 10.1.